The number of halogens is 3. The van der Waals surface area contributed by atoms with E-state index in [1.54, 1.807) is 30.3 Å². The van der Waals surface area contributed by atoms with Crippen molar-refractivity contribution in [3.63, 3.8) is 0 Å². The Bertz CT molecular complexity index is 2220. The highest BCUT2D eigenvalue weighted by molar-refractivity contribution is 6.30. The van der Waals surface area contributed by atoms with E-state index in [4.69, 9.17) is 27.2 Å². The zero-order valence-electron chi connectivity index (χ0n) is 38.4. The van der Waals surface area contributed by atoms with Crippen LogP contribution in [0, 0.1) is 34.3 Å². The first-order valence-corrected chi connectivity index (χ1v) is 20.3. The fraction of sp³-hybridized carbons (Fsp3) is 0.377. The minimum atomic E-state index is -0.856. The van der Waals surface area contributed by atoms with Gasteiger partial charge in [-0.3, -0.25) is 0 Å². The Labute approximate surface area is 364 Å². The zero-order chi connectivity index (χ0) is 46.3. The van der Waals surface area contributed by atoms with E-state index in [0.29, 0.717) is 16.5 Å². The number of carboxylic acid groups (broad SMARTS) is 1. The maximum Gasteiger partial charge on any atom is 0.335 e. The summed E-state index contributed by atoms with van der Waals surface area (Å²) in [5, 5.41) is 26.4. The molecule has 0 aliphatic heterocycles. The molecule has 0 saturated carbocycles. The van der Waals surface area contributed by atoms with Gasteiger partial charge in [-0.2, -0.15) is 10.5 Å². The van der Waals surface area contributed by atoms with Gasteiger partial charge in [-0.15, -0.1) is 0 Å². The maximum absolute atomic E-state index is 13.0. The number of nitriles is 2. The third kappa shape index (κ3) is 18.7. The number of hydrogen-bond donors (Lipinski definition) is 1. The number of benzene rings is 5. The summed E-state index contributed by atoms with van der Waals surface area (Å²) in [6, 6.07) is 38.8. The third-order valence-corrected chi connectivity index (χ3v) is 9.43. The monoisotopic (exact) mass is 834 g/mol. The molecule has 0 amide bonds. The van der Waals surface area contributed by atoms with Gasteiger partial charge in [0.15, 0.2) is 0 Å². The van der Waals surface area contributed by atoms with Crippen LogP contribution in [0.2, 0.25) is 5.02 Å². The highest BCUT2D eigenvalue weighted by Gasteiger charge is 2.20. The molecule has 0 fully saturated rings. The standard InChI is InChI=1S/C11H12FN.C11H13N.C11H14O2.C10H12ClF.C10H14/c1-11(2,3)9-4-8(7-13)5-10(12)6-9;1-11(2,3)10-6-4-5-9(7-10)8-12;1-11(2,3)9-7-5-4-6-8(9)10(12)13;1-10(2,3)7-4-5-9(12)8(11)6-7;1-10(2,3)9-7-5-4-6-8-9/h4-6H,1-3H3;4-7H,1-3H3;4-7H,1-3H3,(H,12,13);4-6H,1-3H3;4-8H,1-3H3. The molecule has 1 N–H and O–H groups in total. The Morgan fingerprint density at radius 1 is 0.500 bits per heavy atom. The second kappa shape index (κ2) is 22.3. The number of carbonyl (C=O) groups is 1. The molecule has 0 aromatic heterocycles. The van der Waals surface area contributed by atoms with Crippen LogP contribution in [0.25, 0.3) is 0 Å². The fourth-order valence-corrected chi connectivity index (χ4v) is 5.55. The van der Waals surface area contributed by atoms with Crippen molar-refractivity contribution in [1.29, 1.82) is 10.5 Å². The lowest BCUT2D eigenvalue weighted by Crippen LogP contribution is -2.16. The van der Waals surface area contributed by atoms with Crippen LogP contribution < -0.4 is 0 Å². The molecule has 5 aromatic carbocycles. The molecule has 5 aromatic rings. The van der Waals surface area contributed by atoms with Crippen LogP contribution in [-0.4, -0.2) is 11.1 Å². The topological polar surface area (TPSA) is 84.9 Å². The van der Waals surface area contributed by atoms with Crippen LogP contribution >= 0.6 is 11.6 Å². The molecule has 0 saturated heterocycles. The highest BCUT2D eigenvalue weighted by Crippen LogP contribution is 2.28. The van der Waals surface area contributed by atoms with Gasteiger partial charge in [0.1, 0.15) is 11.6 Å². The van der Waals surface area contributed by atoms with Crippen molar-refractivity contribution in [2.45, 2.75) is 131 Å². The normalized spacial score (nSPS) is 11.3. The SMILES string of the molecule is CC(C)(C)c1cc(F)cc(C#N)c1.CC(C)(C)c1ccc(F)c(Cl)c1.CC(C)(C)c1cccc(C#N)c1.CC(C)(C)c1ccccc1.CC(C)(C)c1ccccc1C(=O)O. The molecule has 4 nitrogen and oxygen atoms in total. The Morgan fingerprint density at radius 2 is 0.950 bits per heavy atom. The summed E-state index contributed by atoms with van der Waals surface area (Å²) < 4.78 is 25.7. The first kappa shape index (κ1) is 52.7. The van der Waals surface area contributed by atoms with E-state index in [1.165, 1.54) is 29.3 Å². The van der Waals surface area contributed by atoms with E-state index < -0.39 is 5.97 Å². The van der Waals surface area contributed by atoms with E-state index in [1.807, 2.05) is 77.9 Å². The smallest absolute Gasteiger partial charge is 0.335 e. The molecular weight excluding hydrogens is 770 g/mol. The number of hydrogen-bond acceptors (Lipinski definition) is 3. The minimum absolute atomic E-state index is 0.0251. The van der Waals surface area contributed by atoms with Gasteiger partial charge < -0.3 is 5.11 Å². The summed E-state index contributed by atoms with van der Waals surface area (Å²) in [6.07, 6.45) is 0. The van der Waals surface area contributed by atoms with Crippen LogP contribution in [0.15, 0.2) is 115 Å². The van der Waals surface area contributed by atoms with Gasteiger partial charge in [-0.1, -0.05) is 182 Å². The van der Waals surface area contributed by atoms with Gasteiger partial charge >= 0.3 is 5.97 Å². The van der Waals surface area contributed by atoms with Crippen LogP contribution in [0.3, 0.4) is 0 Å². The molecule has 0 aliphatic carbocycles. The van der Waals surface area contributed by atoms with Crippen LogP contribution in [0.5, 0.6) is 0 Å². The molecule has 5 rings (SSSR count). The number of nitrogens with zero attached hydrogens (tertiary/aromatic N) is 2. The Morgan fingerprint density at radius 3 is 1.37 bits per heavy atom. The predicted molar refractivity (Wildman–Crippen MR) is 247 cm³/mol. The summed E-state index contributed by atoms with van der Waals surface area (Å²) >= 11 is 5.64. The molecule has 60 heavy (non-hydrogen) atoms. The van der Waals surface area contributed by atoms with Gasteiger partial charge in [-0.25, -0.2) is 13.6 Å². The van der Waals surface area contributed by atoms with Gasteiger partial charge in [0.2, 0.25) is 0 Å². The molecule has 0 radical (unpaired) electrons. The van der Waals surface area contributed by atoms with Crippen molar-refractivity contribution in [3.8, 4) is 12.1 Å². The Hall–Kier alpha value is -5.30. The third-order valence-electron chi connectivity index (χ3n) is 9.14. The first-order chi connectivity index (χ1) is 27.4. The lowest BCUT2D eigenvalue weighted by Gasteiger charge is -2.20. The maximum atomic E-state index is 13.0. The second-order valence-corrected chi connectivity index (χ2v) is 20.0. The Balaban J connectivity index is 0.000000376. The van der Waals surface area contributed by atoms with Gasteiger partial charge in [-0.05, 0) is 103 Å². The lowest BCUT2D eigenvalue weighted by molar-refractivity contribution is 0.0694. The number of rotatable bonds is 1. The summed E-state index contributed by atoms with van der Waals surface area (Å²) in [5.41, 5.74) is 7.12. The molecule has 0 unspecified atom stereocenters. The number of aromatic carboxylic acids is 1. The summed E-state index contributed by atoms with van der Waals surface area (Å²) in [7, 11) is 0. The van der Waals surface area contributed by atoms with E-state index in [0.717, 1.165) is 22.3 Å². The van der Waals surface area contributed by atoms with Crippen molar-refractivity contribution in [3.05, 3.63) is 176 Å². The molecule has 7 heteroatoms. The van der Waals surface area contributed by atoms with Crippen molar-refractivity contribution in [1.82, 2.24) is 0 Å². The molecule has 320 valence electrons. The second-order valence-electron chi connectivity index (χ2n) is 19.6. The van der Waals surface area contributed by atoms with Gasteiger partial charge in [0.05, 0.1) is 33.9 Å². The summed E-state index contributed by atoms with van der Waals surface area (Å²) in [6.45, 7) is 31.3. The predicted octanol–water partition coefficient (Wildman–Crippen LogP) is 15.3. The van der Waals surface area contributed by atoms with Gasteiger partial charge in [0.25, 0.3) is 0 Å². The van der Waals surface area contributed by atoms with E-state index >= 15 is 0 Å². The summed E-state index contributed by atoms with van der Waals surface area (Å²) in [5.74, 6) is -1.56. The number of carboxylic acids is 1. The molecule has 0 bridgehead atoms. The lowest BCUT2D eigenvalue weighted by atomic mass is 9.84. The van der Waals surface area contributed by atoms with Crippen molar-refractivity contribution < 1.29 is 18.7 Å². The average molecular weight is 836 g/mol. The Kier molecular flexibility index (Phi) is 19.6. The highest BCUT2D eigenvalue weighted by atomic mass is 35.5. The first-order valence-electron chi connectivity index (χ1n) is 20.0. The van der Waals surface area contributed by atoms with Crippen LogP contribution in [-0.2, 0) is 27.1 Å². The van der Waals surface area contributed by atoms with Crippen molar-refractivity contribution >= 4 is 17.6 Å². The molecular formula is C53H65ClF2N2O2. The van der Waals surface area contributed by atoms with E-state index in [-0.39, 0.29) is 38.3 Å². The van der Waals surface area contributed by atoms with E-state index in [9.17, 15) is 13.6 Å². The molecule has 0 heterocycles. The quantitative estimate of drug-likeness (QED) is 0.182. The van der Waals surface area contributed by atoms with Crippen molar-refractivity contribution in [2.75, 3.05) is 0 Å². The molecule has 0 atom stereocenters. The minimum Gasteiger partial charge on any atom is -0.478 e. The molecule has 0 spiro atoms. The van der Waals surface area contributed by atoms with E-state index in [2.05, 4.69) is 105 Å². The van der Waals surface area contributed by atoms with Crippen LogP contribution in [0.4, 0.5) is 8.78 Å². The summed E-state index contributed by atoms with van der Waals surface area (Å²) in [4.78, 5) is 10.9. The van der Waals surface area contributed by atoms with Crippen LogP contribution in [0.1, 0.15) is 153 Å². The molecule has 0 aliphatic rings. The van der Waals surface area contributed by atoms with Gasteiger partial charge in [0, 0.05) is 0 Å². The van der Waals surface area contributed by atoms with Crippen molar-refractivity contribution in [2.24, 2.45) is 0 Å². The fourth-order valence-electron chi connectivity index (χ4n) is 5.37. The largest absolute Gasteiger partial charge is 0.478 e. The zero-order valence-corrected chi connectivity index (χ0v) is 39.1. The average Bonchev–Trinajstić information content (AvgIpc) is 3.15.